The van der Waals surface area contributed by atoms with Crippen LogP contribution in [0.5, 0.6) is 5.75 Å². The lowest BCUT2D eigenvalue weighted by atomic mass is 9.70. The topological polar surface area (TPSA) is 94.2 Å². The minimum Gasteiger partial charge on any atom is -0.491 e. The summed E-state index contributed by atoms with van der Waals surface area (Å²) < 4.78 is 29.8. The number of amides is 1. The molecule has 1 saturated carbocycles. The van der Waals surface area contributed by atoms with Gasteiger partial charge in [0.25, 0.3) is 5.91 Å². The Kier molecular flexibility index (Phi) is 9.43. The SMILES string of the molecule is CO[C@H]1/C=C/C[C@H](C)[C@@H](C)S(N)(=O)=NC(=O)c2ccc3c(c2)N(Cc2ccc(Cl)cc2CCCCO3)C[C@@H]2CC[C@H]21. The number of aryl methyl sites for hydroxylation is 1. The van der Waals surface area contributed by atoms with E-state index < -0.39 is 21.1 Å². The number of hydrogen-bond donors (Lipinski definition) is 1. The van der Waals surface area contributed by atoms with Gasteiger partial charge in [0, 0.05) is 30.8 Å². The molecule has 5 rings (SSSR count). The number of carbonyl (C=O) groups excluding carboxylic acids is 1. The second kappa shape index (κ2) is 12.9. The number of benzene rings is 2. The molecule has 0 spiro atoms. The summed E-state index contributed by atoms with van der Waals surface area (Å²) in [4.78, 5) is 15.7. The number of fused-ring (bicyclic) bond motifs is 3. The summed E-state index contributed by atoms with van der Waals surface area (Å²) in [7, 11) is -1.50. The average molecular weight is 600 g/mol. The Bertz CT molecular complexity index is 1420. The number of carbonyl (C=O) groups is 1. The van der Waals surface area contributed by atoms with E-state index in [4.69, 9.17) is 26.2 Å². The van der Waals surface area contributed by atoms with E-state index in [1.807, 2.05) is 32.0 Å². The van der Waals surface area contributed by atoms with E-state index in [2.05, 4.69) is 33.5 Å². The van der Waals surface area contributed by atoms with Crippen LogP contribution < -0.4 is 14.8 Å². The van der Waals surface area contributed by atoms with Gasteiger partial charge in [-0.05, 0) is 105 Å². The number of halogens is 1. The Labute approximate surface area is 249 Å². The molecule has 2 heterocycles. The zero-order valence-corrected chi connectivity index (χ0v) is 25.8. The van der Waals surface area contributed by atoms with Crippen LogP contribution in [0.2, 0.25) is 5.02 Å². The van der Waals surface area contributed by atoms with Crippen molar-refractivity contribution in [1.82, 2.24) is 0 Å². The number of methoxy groups -OCH3 is 1. The first-order valence-electron chi connectivity index (χ1n) is 14.7. The fraction of sp³-hybridized carbons (Fsp3) is 0.531. The Morgan fingerprint density at radius 2 is 1.95 bits per heavy atom. The molecule has 7 nitrogen and oxygen atoms in total. The number of nitrogens with zero attached hydrogens (tertiary/aromatic N) is 2. The highest BCUT2D eigenvalue weighted by Crippen LogP contribution is 2.42. The lowest BCUT2D eigenvalue weighted by Gasteiger charge is -2.43. The van der Waals surface area contributed by atoms with Crippen LogP contribution in [-0.4, -0.2) is 41.7 Å². The Morgan fingerprint density at radius 3 is 2.71 bits per heavy atom. The molecule has 0 saturated heterocycles. The summed E-state index contributed by atoms with van der Waals surface area (Å²) in [6, 6.07) is 11.5. The van der Waals surface area contributed by atoms with Gasteiger partial charge in [0.1, 0.15) is 15.7 Å². The molecule has 222 valence electrons. The van der Waals surface area contributed by atoms with Gasteiger partial charge in [0.15, 0.2) is 0 Å². The van der Waals surface area contributed by atoms with Crippen LogP contribution in [-0.2, 0) is 27.6 Å². The molecule has 2 aliphatic heterocycles. The predicted molar refractivity (Wildman–Crippen MR) is 166 cm³/mol. The predicted octanol–water partition coefficient (Wildman–Crippen LogP) is 6.57. The molecule has 2 aromatic carbocycles. The summed E-state index contributed by atoms with van der Waals surface area (Å²) in [5.41, 5.74) is 3.64. The van der Waals surface area contributed by atoms with Crippen LogP contribution in [0.15, 0.2) is 52.9 Å². The number of ether oxygens (including phenoxy) is 2. The highest BCUT2D eigenvalue weighted by molar-refractivity contribution is 7.92. The average Bonchev–Trinajstić information content (AvgIpc) is 2.96. The molecule has 2 N–H and O–H groups in total. The number of allylic oxidation sites excluding steroid dienone is 1. The van der Waals surface area contributed by atoms with E-state index in [9.17, 15) is 9.00 Å². The van der Waals surface area contributed by atoms with Gasteiger partial charge in [-0.3, -0.25) is 4.79 Å². The molecule has 2 bridgehead atoms. The third kappa shape index (κ3) is 6.82. The van der Waals surface area contributed by atoms with Gasteiger partial charge in [-0.25, -0.2) is 9.35 Å². The standard InChI is InChI=1S/C32H42ClN3O4S/c1-21-7-6-9-30(39-3)28-14-11-26(28)20-36-19-25-10-13-27(33)17-23(25)8-4-5-16-40-31-15-12-24(18-29(31)36)32(37)35-41(34,38)22(21)2/h6,9-10,12-13,15,17-18,21-22,26,28,30H,4-5,7-8,11,14,16,19-20H2,1-3H3,(H2,34,35,37,38)/b9-6+/t21-,22+,26-,28+,30-,41?/m0/s1. The fourth-order valence-electron chi connectivity index (χ4n) is 6.20. The maximum atomic E-state index is 13.5. The molecule has 6 atom stereocenters. The molecular formula is C32H42ClN3O4S. The maximum absolute atomic E-state index is 13.5. The van der Waals surface area contributed by atoms with Crippen molar-refractivity contribution in [2.75, 3.05) is 25.2 Å². The molecule has 9 heteroatoms. The summed E-state index contributed by atoms with van der Waals surface area (Å²) in [6.07, 6.45) is 9.95. The third-order valence-corrected chi connectivity index (χ3v) is 11.4. The Hall–Kier alpha value is -2.39. The first kappa shape index (κ1) is 30.1. The molecule has 0 radical (unpaired) electrons. The van der Waals surface area contributed by atoms with Crippen LogP contribution in [0.1, 0.15) is 67.4 Å². The fourth-order valence-corrected chi connectivity index (χ4v) is 7.71. The van der Waals surface area contributed by atoms with Crippen LogP contribution in [0.4, 0.5) is 5.69 Å². The van der Waals surface area contributed by atoms with Crippen molar-refractivity contribution < 1.29 is 18.5 Å². The van der Waals surface area contributed by atoms with Gasteiger partial charge in [-0.1, -0.05) is 36.7 Å². The molecule has 1 aliphatic carbocycles. The van der Waals surface area contributed by atoms with Crippen molar-refractivity contribution in [3.05, 3.63) is 70.3 Å². The van der Waals surface area contributed by atoms with Crippen molar-refractivity contribution in [2.24, 2.45) is 27.3 Å². The molecule has 0 aromatic heterocycles. The van der Waals surface area contributed by atoms with Crippen LogP contribution in [0.25, 0.3) is 0 Å². The monoisotopic (exact) mass is 599 g/mol. The van der Waals surface area contributed by atoms with Crippen molar-refractivity contribution >= 4 is 33.1 Å². The molecule has 1 unspecified atom stereocenters. The van der Waals surface area contributed by atoms with E-state index in [1.165, 1.54) is 11.1 Å². The second-order valence-corrected chi connectivity index (χ2v) is 14.4. The van der Waals surface area contributed by atoms with Crippen molar-refractivity contribution in [2.45, 2.75) is 70.3 Å². The minimum absolute atomic E-state index is 0.00487. The maximum Gasteiger partial charge on any atom is 0.286 e. The lowest BCUT2D eigenvalue weighted by Crippen LogP contribution is -2.43. The zero-order valence-electron chi connectivity index (χ0n) is 24.3. The molecule has 1 fully saturated rings. The highest BCUT2D eigenvalue weighted by Gasteiger charge is 2.38. The zero-order chi connectivity index (χ0) is 29.1. The smallest absolute Gasteiger partial charge is 0.286 e. The number of rotatable bonds is 1. The van der Waals surface area contributed by atoms with Crippen LogP contribution in [0.3, 0.4) is 0 Å². The summed E-state index contributed by atoms with van der Waals surface area (Å²) in [5, 5.41) is 6.49. The summed E-state index contributed by atoms with van der Waals surface area (Å²) in [6.45, 7) is 5.82. The van der Waals surface area contributed by atoms with Gasteiger partial charge in [-0.2, -0.15) is 0 Å². The molecule has 3 aliphatic rings. The minimum atomic E-state index is -3.27. The number of hydrogen-bond acceptors (Lipinski definition) is 5. The Balaban J connectivity index is 1.64. The number of nitrogens with two attached hydrogens (primary N) is 1. The number of anilines is 1. The van der Waals surface area contributed by atoms with Crippen molar-refractivity contribution in [3.63, 3.8) is 0 Å². The van der Waals surface area contributed by atoms with Crippen LogP contribution in [0, 0.1) is 17.8 Å². The second-order valence-electron chi connectivity index (χ2n) is 11.8. The normalized spacial score (nSPS) is 31.8. The van der Waals surface area contributed by atoms with E-state index in [1.54, 1.807) is 13.2 Å². The summed E-state index contributed by atoms with van der Waals surface area (Å²) >= 11 is 6.41. The Morgan fingerprint density at radius 1 is 1.12 bits per heavy atom. The van der Waals surface area contributed by atoms with Gasteiger partial charge >= 0.3 is 0 Å². The molecular weight excluding hydrogens is 558 g/mol. The van der Waals surface area contributed by atoms with Gasteiger partial charge in [-0.15, -0.1) is 4.36 Å². The van der Waals surface area contributed by atoms with Crippen molar-refractivity contribution in [1.29, 1.82) is 0 Å². The van der Waals surface area contributed by atoms with Gasteiger partial charge < -0.3 is 14.4 Å². The van der Waals surface area contributed by atoms with E-state index in [0.717, 1.165) is 55.1 Å². The molecule has 41 heavy (non-hydrogen) atoms. The van der Waals surface area contributed by atoms with E-state index in [-0.39, 0.29) is 12.0 Å². The first-order chi connectivity index (χ1) is 19.7. The van der Waals surface area contributed by atoms with Crippen molar-refractivity contribution in [3.8, 4) is 5.75 Å². The van der Waals surface area contributed by atoms with Crippen LogP contribution >= 0.6 is 11.6 Å². The molecule has 2 aromatic rings. The quantitative estimate of drug-likeness (QED) is 0.374. The van der Waals surface area contributed by atoms with E-state index >= 15 is 0 Å². The largest absolute Gasteiger partial charge is 0.491 e. The lowest BCUT2D eigenvalue weighted by molar-refractivity contribution is 0.0133. The molecule has 1 amide bonds. The third-order valence-electron chi connectivity index (χ3n) is 9.19. The van der Waals surface area contributed by atoms with Gasteiger partial charge in [0.2, 0.25) is 0 Å². The highest BCUT2D eigenvalue weighted by atomic mass is 35.5. The van der Waals surface area contributed by atoms with E-state index in [0.29, 0.717) is 37.0 Å². The first-order valence-corrected chi connectivity index (χ1v) is 16.7. The summed E-state index contributed by atoms with van der Waals surface area (Å²) in [5.74, 6) is 0.934. The van der Waals surface area contributed by atoms with Gasteiger partial charge in [0.05, 0.1) is 23.6 Å².